The normalized spacial score (nSPS) is 10.7. The smallest absolute Gasteiger partial charge is 0.266 e. The third kappa shape index (κ3) is 1.49. The van der Waals surface area contributed by atoms with Gasteiger partial charge < -0.3 is 5.73 Å². The second kappa shape index (κ2) is 3.88. The van der Waals surface area contributed by atoms with E-state index in [9.17, 15) is 4.79 Å². The SMILES string of the molecule is Nc1ncnc2c1ncn2C(=O)c1cccnc1. The standard InChI is InChI=1S/C11H8N6O/c12-9-8-10(15-5-14-9)17(6-16-8)11(18)7-2-1-3-13-4-7/h1-6H,(H2,12,14,15). The average molecular weight is 240 g/mol. The summed E-state index contributed by atoms with van der Waals surface area (Å²) >= 11 is 0. The molecule has 3 heterocycles. The summed E-state index contributed by atoms with van der Waals surface area (Å²) in [4.78, 5) is 28.0. The lowest BCUT2D eigenvalue weighted by atomic mass is 10.3. The van der Waals surface area contributed by atoms with E-state index in [4.69, 9.17) is 5.73 Å². The highest BCUT2D eigenvalue weighted by Gasteiger charge is 2.14. The molecule has 3 aromatic heterocycles. The molecule has 2 N–H and O–H groups in total. The molecule has 0 unspecified atom stereocenters. The van der Waals surface area contributed by atoms with E-state index >= 15 is 0 Å². The van der Waals surface area contributed by atoms with E-state index in [2.05, 4.69) is 19.9 Å². The first kappa shape index (κ1) is 10.3. The van der Waals surface area contributed by atoms with Crippen molar-refractivity contribution in [2.24, 2.45) is 0 Å². The summed E-state index contributed by atoms with van der Waals surface area (Å²) in [6.45, 7) is 0. The Morgan fingerprint density at radius 3 is 2.94 bits per heavy atom. The molecular formula is C11H8N6O. The minimum Gasteiger partial charge on any atom is -0.382 e. The summed E-state index contributed by atoms with van der Waals surface area (Å²) in [5.74, 6) is -0.0126. The van der Waals surface area contributed by atoms with Gasteiger partial charge in [-0.2, -0.15) is 0 Å². The van der Waals surface area contributed by atoms with Gasteiger partial charge in [-0.25, -0.2) is 19.5 Å². The Labute approximate surface area is 101 Å². The van der Waals surface area contributed by atoms with E-state index in [-0.39, 0.29) is 11.7 Å². The molecule has 18 heavy (non-hydrogen) atoms. The van der Waals surface area contributed by atoms with Crippen LogP contribution in [0.3, 0.4) is 0 Å². The molecule has 3 rings (SSSR count). The first-order valence-corrected chi connectivity index (χ1v) is 5.15. The Morgan fingerprint density at radius 1 is 1.28 bits per heavy atom. The van der Waals surface area contributed by atoms with Gasteiger partial charge in [0.1, 0.15) is 12.7 Å². The number of pyridine rings is 1. The maximum Gasteiger partial charge on any atom is 0.266 e. The molecule has 0 radical (unpaired) electrons. The molecule has 3 aromatic rings. The quantitative estimate of drug-likeness (QED) is 0.664. The predicted molar refractivity (Wildman–Crippen MR) is 63.7 cm³/mol. The number of imidazole rings is 1. The van der Waals surface area contributed by atoms with Crippen LogP contribution in [0.4, 0.5) is 5.82 Å². The van der Waals surface area contributed by atoms with E-state index in [1.165, 1.54) is 23.4 Å². The number of carbonyl (C=O) groups excluding carboxylic acids is 1. The number of anilines is 1. The van der Waals surface area contributed by atoms with Crippen molar-refractivity contribution in [2.75, 3.05) is 5.73 Å². The number of nitrogens with two attached hydrogens (primary N) is 1. The lowest BCUT2D eigenvalue weighted by Gasteiger charge is -2.01. The second-order valence-corrected chi connectivity index (χ2v) is 3.59. The predicted octanol–water partition coefficient (Wildman–Crippen LogP) is 0.492. The zero-order chi connectivity index (χ0) is 12.5. The summed E-state index contributed by atoms with van der Waals surface area (Å²) in [6, 6.07) is 3.36. The summed E-state index contributed by atoms with van der Waals surface area (Å²) in [5, 5.41) is 0. The van der Waals surface area contributed by atoms with E-state index < -0.39 is 0 Å². The van der Waals surface area contributed by atoms with Crippen LogP contribution in [0.1, 0.15) is 10.4 Å². The van der Waals surface area contributed by atoms with Crippen molar-refractivity contribution >= 4 is 22.9 Å². The number of hydrogen-bond donors (Lipinski definition) is 1. The van der Waals surface area contributed by atoms with Crippen LogP contribution in [0.15, 0.2) is 37.2 Å². The molecule has 0 aliphatic carbocycles. The molecule has 0 spiro atoms. The number of rotatable bonds is 1. The van der Waals surface area contributed by atoms with Gasteiger partial charge in [-0.3, -0.25) is 9.78 Å². The van der Waals surface area contributed by atoms with Crippen molar-refractivity contribution in [1.29, 1.82) is 0 Å². The van der Waals surface area contributed by atoms with Gasteiger partial charge in [0, 0.05) is 12.4 Å². The summed E-state index contributed by atoms with van der Waals surface area (Å²) in [7, 11) is 0. The zero-order valence-corrected chi connectivity index (χ0v) is 9.19. The molecule has 0 aliphatic rings. The number of nitrogen functional groups attached to an aromatic ring is 1. The van der Waals surface area contributed by atoms with Crippen molar-refractivity contribution in [3.05, 3.63) is 42.7 Å². The molecule has 0 aliphatic heterocycles. The van der Waals surface area contributed by atoms with Gasteiger partial charge in [0.05, 0.1) is 5.56 Å². The summed E-state index contributed by atoms with van der Waals surface area (Å²) < 4.78 is 1.32. The fourth-order valence-corrected chi connectivity index (χ4v) is 1.63. The van der Waals surface area contributed by atoms with E-state index in [1.54, 1.807) is 18.3 Å². The number of carbonyl (C=O) groups is 1. The number of fused-ring (bicyclic) bond motifs is 1. The van der Waals surface area contributed by atoms with Crippen LogP contribution >= 0.6 is 0 Å². The average Bonchev–Trinajstić information content (AvgIpc) is 2.84. The van der Waals surface area contributed by atoms with Crippen LogP contribution in [0.2, 0.25) is 0 Å². The van der Waals surface area contributed by atoms with Gasteiger partial charge >= 0.3 is 0 Å². The molecule has 7 nitrogen and oxygen atoms in total. The lowest BCUT2D eigenvalue weighted by Crippen LogP contribution is -2.11. The fraction of sp³-hybridized carbons (Fsp3) is 0. The maximum absolute atomic E-state index is 12.2. The van der Waals surface area contributed by atoms with E-state index in [0.29, 0.717) is 16.7 Å². The second-order valence-electron chi connectivity index (χ2n) is 3.59. The van der Waals surface area contributed by atoms with E-state index in [0.717, 1.165) is 0 Å². The molecule has 0 saturated carbocycles. The van der Waals surface area contributed by atoms with Crippen molar-refractivity contribution in [3.63, 3.8) is 0 Å². The Bertz CT molecular complexity index is 721. The topological polar surface area (TPSA) is 99.6 Å². The van der Waals surface area contributed by atoms with Crippen LogP contribution in [-0.4, -0.2) is 30.4 Å². The van der Waals surface area contributed by atoms with Gasteiger partial charge in [0.2, 0.25) is 0 Å². The Morgan fingerprint density at radius 2 is 2.17 bits per heavy atom. The van der Waals surface area contributed by atoms with Crippen molar-refractivity contribution in [2.45, 2.75) is 0 Å². The first-order valence-electron chi connectivity index (χ1n) is 5.15. The maximum atomic E-state index is 12.2. The minimum absolute atomic E-state index is 0.248. The Kier molecular flexibility index (Phi) is 2.23. The van der Waals surface area contributed by atoms with Crippen LogP contribution in [0.25, 0.3) is 11.2 Å². The lowest BCUT2D eigenvalue weighted by molar-refractivity contribution is 0.0963. The molecular weight excluding hydrogens is 232 g/mol. The van der Waals surface area contributed by atoms with Crippen LogP contribution < -0.4 is 5.73 Å². The highest BCUT2D eigenvalue weighted by atomic mass is 16.2. The number of nitrogens with zero attached hydrogens (tertiary/aromatic N) is 5. The molecule has 0 bridgehead atoms. The molecule has 0 fully saturated rings. The summed E-state index contributed by atoms with van der Waals surface area (Å²) in [6.07, 6.45) is 5.76. The third-order valence-electron chi connectivity index (χ3n) is 2.49. The van der Waals surface area contributed by atoms with Crippen LogP contribution in [0, 0.1) is 0 Å². The van der Waals surface area contributed by atoms with Crippen LogP contribution in [0.5, 0.6) is 0 Å². The minimum atomic E-state index is -0.260. The van der Waals surface area contributed by atoms with Gasteiger partial charge in [-0.15, -0.1) is 0 Å². The molecule has 0 amide bonds. The number of hydrogen-bond acceptors (Lipinski definition) is 6. The van der Waals surface area contributed by atoms with Crippen molar-refractivity contribution in [1.82, 2.24) is 24.5 Å². The molecule has 0 aromatic carbocycles. The molecule has 88 valence electrons. The summed E-state index contributed by atoms with van der Waals surface area (Å²) in [5.41, 5.74) is 6.91. The monoisotopic (exact) mass is 240 g/mol. The molecule has 0 saturated heterocycles. The van der Waals surface area contributed by atoms with Gasteiger partial charge in [-0.1, -0.05) is 0 Å². The van der Waals surface area contributed by atoms with Gasteiger partial charge in [0.25, 0.3) is 5.91 Å². The highest BCUT2D eigenvalue weighted by Crippen LogP contribution is 2.15. The fourth-order valence-electron chi connectivity index (χ4n) is 1.63. The Balaban J connectivity index is 2.16. The largest absolute Gasteiger partial charge is 0.382 e. The van der Waals surface area contributed by atoms with Crippen molar-refractivity contribution in [3.8, 4) is 0 Å². The Hall–Kier alpha value is -2.83. The zero-order valence-electron chi connectivity index (χ0n) is 9.19. The highest BCUT2D eigenvalue weighted by molar-refractivity contribution is 6.01. The van der Waals surface area contributed by atoms with Gasteiger partial charge in [0.15, 0.2) is 17.0 Å². The first-order chi connectivity index (χ1) is 8.77. The third-order valence-corrected chi connectivity index (χ3v) is 2.49. The molecule has 0 atom stereocenters. The van der Waals surface area contributed by atoms with Crippen molar-refractivity contribution < 1.29 is 4.79 Å². The number of aromatic nitrogens is 5. The van der Waals surface area contributed by atoms with Crippen LogP contribution in [-0.2, 0) is 0 Å². The van der Waals surface area contributed by atoms with Gasteiger partial charge in [-0.05, 0) is 12.1 Å². The molecule has 7 heteroatoms. The van der Waals surface area contributed by atoms with E-state index in [1.807, 2.05) is 0 Å².